The van der Waals surface area contributed by atoms with E-state index in [4.69, 9.17) is 10.5 Å². The molecule has 2 aromatic carbocycles. The summed E-state index contributed by atoms with van der Waals surface area (Å²) in [5.41, 5.74) is 7.26. The standard InChI is InChI=1S/C17H18N2O4S/c1-13-2-4-14(5-3-13)10-11-24(21,22)19-15-6-8-16(9-7-15)23-12-17(18)20/h2-11,19H,12H2,1H3,(H2,18,20). The summed E-state index contributed by atoms with van der Waals surface area (Å²) in [5, 5.41) is 1.11. The number of amides is 1. The fraction of sp³-hybridized carbons (Fsp3) is 0.118. The van der Waals surface area contributed by atoms with E-state index >= 15 is 0 Å². The Balaban J connectivity index is 2.00. The van der Waals surface area contributed by atoms with Crippen molar-refractivity contribution in [3.63, 3.8) is 0 Å². The SMILES string of the molecule is Cc1ccc(C=CS(=O)(=O)Nc2ccc(OCC(N)=O)cc2)cc1. The van der Waals surface area contributed by atoms with E-state index in [2.05, 4.69) is 4.72 Å². The minimum Gasteiger partial charge on any atom is -0.484 e. The molecule has 0 heterocycles. The molecule has 0 aliphatic carbocycles. The van der Waals surface area contributed by atoms with E-state index in [-0.39, 0.29) is 6.61 Å². The summed E-state index contributed by atoms with van der Waals surface area (Å²) >= 11 is 0. The number of carbonyl (C=O) groups is 1. The van der Waals surface area contributed by atoms with Crippen molar-refractivity contribution in [2.24, 2.45) is 5.73 Å². The van der Waals surface area contributed by atoms with Gasteiger partial charge in [-0.05, 0) is 42.8 Å². The third kappa shape index (κ3) is 5.77. The predicted octanol–water partition coefficient (Wildman–Crippen LogP) is 2.27. The highest BCUT2D eigenvalue weighted by molar-refractivity contribution is 7.95. The molecular weight excluding hydrogens is 328 g/mol. The summed E-state index contributed by atoms with van der Waals surface area (Å²) < 4.78 is 31.6. The first kappa shape index (κ1) is 17.6. The topological polar surface area (TPSA) is 98.5 Å². The second-order valence-electron chi connectivity index (χ2n) is 5.14. The molecule has 126 valence electrons. The molecule has 3 N–H and O–H groups in total. The Morgan fingerprint density at radius 2 is 1.75 bits per heavy atom. The molecule has 0 saturated carbocycles. The molecule has 0 fully saturated rings. The number of nitrogens with one attached hydrogen (secondary N) is 1. The van der Waals surface area contributed by atoms with Gasteiger partial charge in [-0.25, -0.2) is 8.42 Å². The Kier molecular flexibility index (Phi) is 5.59. The number of sulfonamides is 1. The number of primary amides is 1. The minimum absolute atomic E-state index is 0.232. The summed E-state index contributed by atoms with van der Waals surface area (Å²) in [7, 11) is -3.63. The van der Waals surface area contributed by atoms with Gasteiger partial charge in [-0.15, -0.1) is 0 Å². The zero-order valence-corrected chi connectivity index (χ0v) is 13.9. The second-order valence-corrected chi connectivity index (χ2v) is 6.71. The zero-order chi connectivity index (χ0) is 17.6. The zero-order valence-electron chi connectivity index (χ0n) is 13.1. The van der Waals surface area contributed by atoms with Crippen LogP contribution in [0.15, 0.2) is 53.9 Å². The van der Waals surface area contributed by atoms with E-state index in [0.717, 1.165) is 16.5 Å². The lowest BCUT2D eigenvalue weighted by atomic mass is 10.2. The number of hydrogen-bond acceptors (Lipinski definition) is 4. The molecule has 0 unspecified atom stereocenters. The average molecular weight is 346 g/mol. The van der Waals surface area contributed by atoms with Gasteiger partial charge in [-0.1, -0.05) is 29.8 Å². The van der Waals surface area contributed by atoms with Crippen LogP contribution in [0.1, 0.15) is 11.1 Å². The molecule has 0 aromatic heterocycles. The quantitative estimate of drug-likeness (QED) is 0.803. The van der Waals surface area contributed by atoms with E-state index in [9.17, 15) is 13.2 Å². The summed E-state index contributed by atoms with van der Waals surface area (Å²) in [4.78, 5) is 10.6. The number of carbonyl (C=O) groups excluding carboxylic acids is 1. The summed E-state index contributed by atoms with van der Waals surface area (Å²) in [5.74, 6) is -0.159. The van der Waals surface area contributed by atoms with Gasteiger partial charge in [-0.2, -0.15) is 0 Å². The highest BCUT2D eigenvalue weighted by Gasteiger charge is 2.06. The highest BCUT2D eigenvalue weighted by Crippen LogP contribution is 2.17. The molecule has 1 amide bonds. The Morgan fingerprint density at radius 3 is 2.33 bits per heavy atom. The second kappa shape index (κ2) is 7.65. The molecule has 0 spiro atoms. The van der Waals surface area contributed by atoms with Crippen LogP contribution in [0.4, 0.5) is 5.69 Å². The summed E-state index contributed by atoms with van der Waals surface area (Å²) in [6, 6.07) is 13.7. The number of rotatable bonds is 7. The Bertz CT molecular complexity index is 826. The Hall–Kier alpha value is -2.80. The van der Waals surface area contributed by atoms with Crippen molar-refractivity contribution in [1.29, 1.82) is 0 Å². The van der Waals surface area contributed by atoms with Crippen molar-refractivity contribution >= 4 is 27.7 Å². The van der Waals surface area contributed by atoms with E-state index in [1.165, 1.54) is 18.2 Å². The van der Waals surface area contributed by atoms with Crippen LogP contribution in [0.2, 0.25) is 0 Å². The third-order valence-corrected chi connectivity index (χ3v) is 4.03. The molecule has 0 atom stereocenters. The first-order valence-electron chi connectivity index (χ1n) is 7.13. The van der Waals surface area contributed by atoms with Gasteiger partial charge in [0.1, 0.15) is 5.75 Å². The minimum atomic E-state index is -3.63. The van der Waals surface area contributed by atoms with Crippen LogP contribution in [-0.4, -0.2) is 20.9 Å². The van der Waals surface area contributed by atoms with Crippen molar-refractivity contribution in [3.05, 3.63) is 65.1 Å². The average Bonchev–Trinajstić information content (AvgIpc) is 2.53. The van der Waals surface area contributed by atoms with Crippen LogP contribution >= 0.6 is 0 Å². The van der Waals surface area contributed by atoms with Gasteiger partial charge in [0.25, 0.3) is 15.9 Å². The van der Waals surface area contributed by atoms with E-state index in [1.807, 2.05) is 31.2 Å². The Morgan fingerprint density at radius 1 is 1.12 bits per heavy atom. The van der Waals surface area contributed by atoms with Gasteiger partial charge in [0.05, 0.1) is 5.41 Å². The number of nitrogens with two attached hydrogens (primary N) is 1. The number of anilines is 1. The van der Waals surface area contributed by atoms with Crippen molar-refractivity contribution in [1.82, 2.24) is 0 Å². The number of ether oxygens (including phenoxy) is 1. The van der Waals surface area contributed by atoms with E-state index < -0.39 is 15.9 Å². The molecule has 6 nitrogen and oxygen atoms in total. The maximum atomic E-state index is 12.0. The molecule has 24 heavy (non-hydrogen) atoms. The smallest absolute Gasteiger partial charge is 0.255 e. The molecule has 0 aliphatic rings. The lowest BCUT2D eigenvalue weighted by Gasteiger charge is -2.07. The molecule has 0 bridgehead atoms. The third-order valence-electron chi connectivity index (χ3n) is 3.01. The molecule has 2 rings (SSSR count). The van der Waals surface area contributed by atoms with Crippen molar-refractivity contribution in [3.8, 4) is 5.75 Å². The number of benzene rings is 2. The first-order valence-corrected chi connectivity index (χ1v) is 8.67. The lowest BCUT2D eigenvalue weighted by molar-refractivity contribution is -0.119. The molecule has 0 radical (unpaired) electrons. The lowest BCUT2D eigenvalue weighted by Crippen LogP contribution is -2.20. The number of hydrogen-bond donors (Lipinski definition) is 2. The maximum Gasteiger partial charge on any atom is 0.255 e. The summed E-state index contributed by atoms with van der Waals surface area (Å²) in [6.45, 7) is 1.73. The monoisotopic (exact) mass is 346 g/mol. The molecule has 7 heteroatoms. The van der Waals surface area contributed by atoms with Gasteiger partial charge < -0.3 is 10.5 Å². The summed E-state index contributed by atoms with van der Waals surface area (Å²) in [6.07, 6.45) is 1.52. The largest absolute Gasteiger partial charge is 0.484 e. The molecular formula is C17H18N2O4S. The van der Waals surface area contributed by atoms with Crippen LogP contribution in [0, 0.1) is 6.92 Å². The van der Waals surface area contributed by atoms with E-state index in [0.29, 0.717) is 11.4 Å². The Labute approximate surface area is 141 Å². The van der Waals surface area contributed by atoms with Gasteiger partial charge >= 0.3 is 0 Å². The van der Waals surface area contributed by atoms with Crippen LogP contribution in [-0.2, 0) is 14.8 Å². The van der Waals surface area contributed by atoms with Crippen LogP contribution in [0.3, 0.4) is 0 Å². The van der Waals surface area contributed by atoms with Crippen LogP contribution in [0.5, 0.6) is 5.75 Å². The maximum absolute atomic E-state index is 12.0. The number of aryl methyl sites for hydroxylation is 1. The fourth-order valence-electron chi connectivity index (χ4n) is 1.82. The van der Waals surface area contributed by atoms with Crippen molar-refractivity contribution < 1.29 is 17.9 Å². The van der Waals surface area contributed by atoms with E-state index in [1.54, 1.807) is 12.1 Å². The van der Waals surface area contributed by atoms with Crippen LogP contribution in [0.25, 0.3) is 6.08 Å². The first-order chi connectivity index (χ1) is 11.3. The highest BCUT2D eigenvalue weighted by atomic mass is 32.2. The van der Waals surface area contributed by atoms with Gasteiger partial charge in [0.2, 0.25) is 0 Å². The predicted molar refractivity (Wildman–Crippen MR) is 93.9 cm³/mol. The normalized spacial score (nSPS) is 11.4. The van der Waals surface area contributed by atoms with Gasteiger partial charge in [-0.3, -0.25) is 9.52 Å². The molecule has 0 saturated heterocycles. The molecule has 0 aliphatic heterocycles. The fourth-order valence-corrected chi connectivity index (χ4v) is 2.69. The van der Waals surface area contributed by atoms with Crippen molar-refractivity contribution in [2.75, 3.05) is 11.3 Å². The van der Waals surface area contributed by atoms with Crippen LogP contribution < -0.4 is 15.2 Å². The van der Waals surface area contributed by atoms with Crippen molar-refractivity contribution in [2.45, 2.75) is 6.92 Å². The van der Waals surface area contributed by atoms with Gasteiger partial charge in [0, 0.05) is 5.69 Å². The molecule has 2 aromatic rings. The van der Waals surface area contributed by atoms with Gasteiger partial charge in [0.15, 0.2) is 6.61 Å².